The summed E-state index contributed by atoms with van der Waals surface area (Å²) in [6.07, 6.45) is -4.75. The number of benzene rings is 1. The number of nitrogens with one attached hydrogen (secondary N) is 1. The van der Waals surface area contributed by atoms with E-state index in [2.05, 4.69) is 20.0 Å². The fourth-order valence-electron chi connectivity index (χ4n) is 3.20. The van der Waals surface area contributed by atoms with Gasteiger partial charge >= 0.3 is 12.1 Å². The number of carbonyl (C=O) groups is 2. The summed E-state index contributed by atoms with van der Waals surface area (Å²) in [6, 6.07) is 9.16. The van der Waals surface area contributed by atoms with Crippen LogP contribution in [-0.4, -0.2) is 59.2 Å². The van der Waals surface area contributed by atoms with E-state index in [0.717, 1.165) is 11.3 Å². The molecule has 8 nitrogen and oxygen atoms in total. The maximum atomic E-state index is 13.0. The average Bonchev–Trinajstić information content (AvgIpc) is 3.47. The summed E-state index contributed by atoms with van der Waals surface area (Å²) >= 11 is 7.06. The van der Waals surface area contributed by atoms with Crippen LogP contribution in [0.4, 0.5) is 13.2 Å². The van der Waals surface area contributed by atoms with Gasteiger partial charge in [-0.15, -0.1) is 11.3 Å². The van der Waals surface area contributed by atoms with Crippen LogP contribution >= 0.6 is 22.9 Å². The van der Waals surface area contributed by atoms with Gasteiger partial charge < -0.3 is 19.5 Å². The Bertz CT molecular complexity index is 1170. The summed E-state index contributed by atoms with van der Waals surface area (Å²) in [4.78, 5) is 30.9. The average molecular weight is 501 g/mol. The number of rotatable bonds is 5. The zero-order chi connectivity index (χ0) is 23.6. The van der Waals surface area contributed by atoms with Crippen molar-refractivity contribution in [1.82, 2.24) is 20.4 Å². The molecule has 3 heterocycles. The van der Waals surface area contributed by atoms with Gasteiger partial charge in [0.25, 0.3) is 11.8 Å². The zero-order valence-electron chi connectivity index (χ0n) is 16.8. The number of hydrogen-bond donors (Lipinski definition) is 1. The minimum absolute atomic E-state index is 0.114. The standard InChI is InChI=1S/C20H16ClF3N4O4S/c21-13-4-2-1-3-12(13)18(30)28-7-8-31-10-11(28)9-25-17(29)15-6-5-14(33-15)16-26-19(32-27-16)20(22,23)24/h1-6,11H,7-10H2,(H,25,29). The monoisotopic (exact) mass is 500 g/mol. The number of morpholine rings is 1. The molecule has 0 aliphatic carbocycles. The fraction of sp³-hybridized carbons (Fsp3) is 0.300. The second-order valence-corrected chi connectivity index (χ2v) is 8.49. The largest absolute Gasteiger partial charge is 0.471 e. The first kappa shape index (κ1) is 23.2. The number of ether oxygens (including phenoxy) is 1. The molecule has 4 rings (SSSR count). The van der Waals surface area contributed by atoms with E-state index >= 15 is 0 Å². The van der Waals surface area contributed by atoms with Crippen LogP contribution in [0, 0.1) is 0 Å². The van der Waals surface area contributed by atoms with Crippen molar-refractivity contribution < 1.29 is 32.0 Å². The van der Waals surface area contributed by atoms with Crippen LogP contribution < -0.4 is 5.32 Å². The number of carbonyl (C=O) groups excluding carboxylic acids is 2. The van der Waals surface area contributed by atoms with Gasteiger partial charge in [0.15, 0.2) is 0 Å². The third-order valence-corrected chi connectivity index (χ3v) is 6.22. The van der Waals surface area contributed by atoms with Crippen LogP contribution in [-0.2, 0) is 10.9 Å². The number of halogens is 4. The highest BCUT2D eigenvalue weighted by Gasteiger charge is 2.38. The highest BCUT2D eigenvalue weighted by Crippen LogP contribution is 2.31. The number of aromatic nitrogens is 2. The van der Waals surface area contributed by atoms with E-state index in [0.29, 0.717) is 23.7 Å². The molecule has 33 heavy (non-hydrogen) atoms. The van der Waals surface area contributed by atoms with Crippen molar-refractivity contribution in [3.05, 3.63) is 57.8 Å². The maximum absolute atomic E-state index is 13.0. The van der Waals surface area contributed by atoms with E-state index in [1.54, 1.807) is 29.2 Å². The van der Waals surface area contributed by atoms with Crippen molar-refractivity contribution in [3.8, 4) is 10.7 Å². The SMILES string of the molecule is O=C(NCC1COCCN1C(=O)c1ccccc1Cl)c1ccc(-c2noc(C(F)(F)F)n2)s1. The first-order valence-electron chi connectivity index (χ1n) is 9.66. The molecule has 1 fully saturated rings. The number of amides is 2. The molecule has 1 N–H and O–H groups in total. The molecule has 1 aliphatic heterocycles. The number of nitrogens with zero attached hydrogens (tertiary/aromatic N) is 3. The summed E-state index contributed by atoms with van der Waals surface area (Å²) in [7, 11) is 0. The van der Waals surface area contributed by atoms with E-state index in [-0.39, 0.29) is 34.6 Å². The van der Waals surface area contributed by atoms with E-state index in [1.165, 1.54) is 12.1 Å². The Labute approximate surface area is 194 Å². The predicted octanol–water partition coefficient (Wildman–Crippen LogP) is 3.74. The third kappa shape index (κ3) is 5.18. The molecule has 13 heteroatoms. The van der Waals surface area contributed by atoms with Crippen LogP contribution in [0.5, 0.6) is 0 Å². The smallest absolute Gasteiger partial charge is 0.377 e. The highest BCUT2D eigenvalue weighted by molar-refractivity contribution is 7.17. The van der Waals surface area contributed by atoms with Crippen LogP contribution in [0.2, 0.25) is 5.02 Å². The molecular weight excluding hydrogens is 485 g/mol. The van der Waals surface area contributed by atoms with Crippen molar-refractivity contribution in [1.29, 1.82) is 0 Å². The summed E-state index contributed by atoms with van der Waals surface area (Å²) < 4.78 is 47.6. The quantitative estimate of drug-likeness (QED) is 0.573. The maximum Gasteiger partial charge on any atom is 0.471 e. The lowest BCUT2D eigenvalue weighted by atomic mass is 10.1. The van der Waals surface area contributed by atoms with Crippen molar-refractivity contribution >= 4 is 34.8 Å². The second-order valence-electron chi connectivity index (χ2n) is 7.00. The van der Waals surface area contributed by atoms with Gasteiger partial charge in [0.05, 0.1) is 39.6 Å². The molecule has 3 aromatic rings. The van der Waals surface area contributed by atoms with E-state index < -0.39 is 24.0 Å². The molecule has 1 aromatic carbocycles. The molecule has 1 saturated heterocycles. The van der Waals surface area contributed by atoms with Gasteiger partial charge in [-0.2, -0.15) is 18.2 Å². The Hall–Kier alpha value is -2.96. The lowest BCUT2D eigenvalue weighted by Crippen LogP contribution is -2.53. The Kier molecular flexibility index (Phi) is 6.68. The minimum atomic E-state index is -4.75. The van der Waals surface area contributed by atoms with Gasteiger partial charge in [0.2, 0.25) is 5.82 Å². The molecule has 0 spiro atoms. The van der Waals surface area contributed by atoms with E-state index in [1.807, 2.05) is 0 Å². The Balaban J connectivity index is 1.41. The lowest BCUT2D eigenvalue weighted by Gasteiger charge is -2.35. The van der Waals surface area contributed by atoms with E-state index in [4.69, 9.17) is 16.3 Å². The van der Waals surface area contributed by atoms with Crippen molar-refractivity contribution in [2.45, 2.75) is 12.2 Å². The van der Waals surface area contributed by atoms with Crippen LogP contribution in [0.25, 0.3) is 10.7 Å². The lowest BCUT2D eigenvalue weighted by molar-refractivity contribution is -0.159. The van der Waals surface area contributed by atoms with Crippen molar-refractivity contribution in [2.24, 2.45) is 0 Å². The van der Waals surface area contributed by atoms with Gasteiger partial charge in [-0.05, 0) is 24.3 Å². The number of hydrogen-bond acceptors (Lipinski definition) is 7. The minimum Gasteiger partial charge on any atom is -0.377 e. The van der Waals surface area contributed by atoms with Crippen LogP contribution in [0.15, 0.2) is 40.9 Å². The van der Waals surface area contributed by atoms with Crippen molar-refractivity contribution in [3.63, 3.8) is 0 Å². The van der Waals surface area contributed by atoms with E-state index in [9.17, 15) is 22.8 Å². The predicted molar refractivity (Wildman–Crippen MR) is 112 cm³/mol. The van der Waals surface area contributed by atoms with Crippen LogP contribution in [0.1, 0.15) is 25.9 Å². The molecule has 1 aliphatic rings. The molecule has 1 atom stereocenters. The molecule has 0 bridgehead atoms. The molecule has 0 radical (unpaired) electrons. The first-order chi connectivity index (χ1) is 15.7. The zero-order valence-corrected chi connectivity index (χ0v) is 18.3. The number of alkyl halides is 3. The van der Waals surface area contributed by atoms with Gasteiger partial charge in [0, 0.05) is 13.1 Å². The Morgan fingerprint density at radius 1 is 1.24 bits per heavy atom. The number of thiophene rings is 1. The molecule has 2 aromatic heterocycles. The Morgan fingerprint density at radius 3 is 2.76 bits per heavy atom. The molecule has 0 saturated carbocycles. The topological polar surface area (TPSA) is 97.6 Å². The highest BCUT2D eigenvalue weighted by atomic mass is 35.5. The van der Waals surface area contributed by atoms with Gasteiger partial charge in [0.1, 0.15) is 0 Å². The molecule has 2 amide bonds. The Morgan fingerprint density at radius 2 is 2.03 bits per heavy atom. The summed E-state index contributed by atoms with van der Waals surface area (Å²) in [5, 5.41) is 6.38. The van der Waals surface area contributed by atoms with Gasteiger partial charge in [-0.3, -0.25) is 9.59 Å². The summed E-state index contributed by atoms with van der Waals surface area (Å²) in [6.45, 7) is 1.05. The summed E-state index contributed by atoms with van der Waals surface area (Å²) in [5.41, 5.74) is 0.360. The van der Waals surface area contributed by atoms with Crippen LogP contribution in [0.3, 0.4) is 0 Å². The third-order valence-electron chi connectivity index (χ3n) is 4.81. The van der Waals surface area contributed by atoms with Gasteiger partial charge in [-0.1, -0.05) is 28.9 Å². The molecular formula is C20H16ClF3N4O4S. The van der Waals surface area contributed by atoms with Crippen molar-refractivity contribution in [2.75, 3.05) is 26.3 Å². The molecule has 1 unspecified atom stereocenters. The summed E-state index contributed by atoms with van der Waals surface area (Å²) in [5.74, 6) is -2.44. The fourth-order valence-corrected chi connectivity index (χ4v) is 4.26. The van der Waals surface area contributed by atoms with Gasteiger partial charge in [-0.25, -0.2) is 0 Å². The molecule has 174 valence electrons. The second kappa shape index (κ2) is 9.49. The first-order valence-corrected chi connectivity index (χ1v) is 10.9. The normalized spacial score (nSPS) is 16.6.